The molecule has 1 fully saturated rings. The molecule has 7 heteroatoms. The predicted octanol–water partition coefficient (Wildman–Crippen LogP) is 1.34. The van der Waals surface area contributed by atoms with E-state index in [9.17, 15) is 13.2 Å². The van der Waals surface area contributed by atoms with Crippen molar-refractivity contribution in [1.82, 2.24) is 10.2 Å². The molecule has 1 aromatic rings. The second-order valence-corrected chi connectivity index (χ2v) is 7.23. The first-order chi connectivity index (χ1) is 9.39. The van der Waals surface area contributed by atoms with Crippen LogP contribution in [0.5, 0.6) is 0 Å². The van der Waals surface area contributed by atoms with Gasteiger partial charge in [-0.3, -0.25) is 4.79 Å². The van der Waals surface area contributed by atoms with Crippen molar-refractivity contribution in [3.63, 3.8) is 0 Å². The first kappa shape index (κ1) is 17.9. The smallest absolute Gasteiger partial charge is 0.253 e. The molecular formula is C14H21ClN2O3S. The van der Waals surface area contributed by atoms with E-state index in [0.29, 0.717) is 5.56 Å². The number of carbonyl (C=O) groups is 1. The maximum absolute atomic E-state index is 12.4. The Morgan fingerprint density at radius 2 is 1.90 bits per heavy atom. The summed E-state index contributed by atoms with van der Waals surface area (Å²) in [4.78, 5) is 14.3. The quantitative estimate of drug-likeness (QED) is 0.907. The number of nitrogens with one attached hydrogen (secondary N) is 1. The lowest BCUT2D eigenvalue weighted by Gasteiger charge is -2.31. The third-order valence-corrected chi connectivity index (χ3v) is 4.80. The lowest BCUT2D eigenvalue weighted by Crippen LogP contribution is -2.46. The van der Waals surface area contributed by atoms with Gasteiger partial charge in [0.1, 0.15) is 0 Å². The van der Waals surface area contributed by atoms with Crippen molar-refractivity contribution in [2.24, 2.45) is 0 Å². The number of amides is 1. The SMILES string of the molecule is CN(C(=O)c1ccc(S(C)(=O)=O)cc1)C1CCCNC1.Cl. The van der Waals surface area contributed by atoms with Crippen molar-refractivity contribution >= 4 is 28.2 Å². The Morgan fingerprint density at radius 3 is 2.38 bits per heavy atom. The minimum atomic E-state index is -3.22. The molecule has 0 bridgehead atoms. The monoisotopic (exact) mass is 332 g/mol. The number of hydrogen-bond acceptors (Lipinski definition) is 4. The summed E-state index contributed by atoms with van der Waals surface area (Å²) >= 11 is 0. The van der Waals surface area contributed by atoms with Crippen LogP contribution in [-0.2, 0) is 9.84 Å². The normalized spacial score (nSPS) is 18.7. The molecule has 0 radical (unpaired) electrons. The predicted molar refractivity (Wildman–Crippen MR) is 84.8 cm³/mol. The van der Waals surface area contributed by atoms with E-state index < -0.39 is 9.84 Å². The van der Waals surface area contributed by atoms with Gasteiger partial charge >= 0.3 is 0 Å². The van der Waals surface area contributed by atoms with Gasteiger partial charge in [-0.05, 0) is 43.7 Å². The van der Waals surface area contributed by atoms with E-state index >= 15 is 0 Å². The van der Waals surface area contributed by atoms with Crippen LogP contribution < -0.4 is 5.32 Å². The summed E-state index contributed by atoms with van der Waals surface area (Å²) in [6, 6.07) is 6.31. The number of piperidine rings is 1. The van der Waals surface area contributed by atoms with E-state index in [1.807, 2.05) is 0 Å². The van der Waals surface area contributed by atoms with Crippen LogP contribution >= 0.6 is 12.4 Å². The van der Waals surface area contributed by atoms with Gasteiger partial charge in [0.05, 0.1) is 4.90 Å². The van der Waals surface area contributed by atoms with Crippen LogP contribution in [0.2, 0.25) is 0 Å². The molecule has 118 valence electrons. The van der Waals surface area contributed by atoms with Gasteiger partial charge in [-0.15, -0.1) is 12.4 Å². The van der Waals surface area contributed by atoms with E-state index in [4.69, 9.17) is 0 Å². The van der Waals surface area contributed by atoms with E-state index in [0.717, 1.165) is 32.2 Å². The third-order valence-electron chi connectivity index (χ3n) is 3.67. The number of sulfone groups is 1. The van der Waals surface area contributed by atoms with Crippen LogP contribution in [0, 0.1) is 0 Å². The van der Waals surface area contributed by atoms with Crippen LogP contribution in [-0.4, -0.2) is 51.7 Å². The van der Waals surface area contributed by atoms with Gasteiger partial charge in [0.2, 0.25) is 0 Å². The van der Waals surface area contributed by atoms with Crippen LogP contribution in [0.4, 0.5) is 0 Å². The second-order valence-electron chi connectivity index (χ2n) is 5.21. The highest BCUT2D eigenvalue weighted by molar-refractivity contribution is 7.90. The molecule has 2 rings (SSSR count). The highest BCUT2D eigenvalue weighted by Crippen LogP contribution is 2.15. The molecular weight excluding hydrogens is 312 g/mol. The summed E-state index contributed by atoms with van der Waals surface area (Å²) in [6.45, 7) is 1.81. The van der Waals surface area contributed by atoms with E-state index in [1.54, 1.807) is 24.1 Å². The lowest BCUT2D eigenvalue weighted by atomic mass is 10.1. The van der Waals surface area contributed by atoms with E-state index in [2.05, 4.69) is 5.32 Å². The van der Waals surface area contributed by atoms with Gasteiger partial charge in [0.25, 0.3) is 5.91 Å². The molecule has 1 saturated heterocycles. The molecule has 1 N–H and O–H groups in total. The van der Waals surface area contributed by atoms with Gasteiger partial charge in [-0.2, -0.15) is 0 Å². The zero-order chi connectivity index (χ0) is 14.8. The number of hydrogen-bond donors (Lipinski definition) is 1. The highest BCUT2D eigenvalue weighted by Gasteiger charge is 2.23. The molecule has 1 atom stereocenters. The number of carbonyl (C=O) groups excluding carboxylic acids is 1. The van der Waals surface area contributed by atoms with Crippen LogP contribution in [0.3, 0.4) is 0 Å². The molecule has 0 aromatic heterocycles. The largest absolute Gasteiger partial charge is 0.337 e. The molecule has 0 spiro atoms. The first-order valence-corrected chi connectivity index (χ1v) is 8.57. The Bertz CT molecular complexity index is 581. The molecule has 1 unspecified atom stereocenters. The fourth-order valence-corrected chi connectivity index (χ4v) is 3.01. The van der Waals surface area contributed by atoms with Crippen molar-refractivity contribution in [1.29, 1.82) is 0 Å². The van der Waals surface area contributed by atoms with Crippen LogP contribution in [0.1, 0.15) is 23.2 Å². The summed E-state index contributed by atoms with van der Waals surface area (Å²) in [5.41, 5.74) is 0.519. The zero-order valence-electron chi connectivity index (χ0n) is 12.2. The standard InChI is InChI=1S/C14H20N2O3S.ClH/c1-16(12-4-3-9-15-10-12)14(17)11-5-7-13(8-6-11)20(2,18)19;/h5-8,12,15H,3-4,9-10H2,1-2H3;1H. The topological polar surface area (TPSA) is 66.5 Å². The average molecular weight is 333 g/mol. The Labute approximate surface area is 132 Å². The summed E-state index contributed by atoms with van der Waals surface area (Å²) < 4.78 is 22.8. The molecule has 1 aliphatic heterocycles. The Morgan fingerprint density at radius 1 is 1.29 bits per heavy atom. The number of halogens is 1. The number of likely N-dealkylation sites (N-methyl/N-ethyl adjacent to an activating group) is 1. The van der Waals surface area contributed by atoms with Gasteiger partial charge in [0, 0.05) is 31.5 Å². The summed E-state index contributed by atoms with van der Waals surface area (Å²) in [5, 5.41) is 3.28. The third kappa shape index (κ3) is 4.43. The van der Waals surface area contributed by atoms with Gasteiger partial charge in [-0.1, -0.05) is 0 Å². The number of benzene rings is 1. The van der Waals surface area contributed by atoms with Crippen molar-refractivity contribution < 1.29 is 13.2 Å². The molecule has 1 aromatic carbocycles. The van der Waals surface area contributed by atoms with Crippen molar-refractivity contribution in [2.45, 2.75) is 23.8 Å². The van der Waals surface area contributed by atoms with Gasteiger partial charge < -0.3 is 10.2 Å². The molecule has 0 saturated carbocycles. The van der Waals surface area contributed by atoms with Crippen molar-refractivity contribution in [2.75, 3.05) is 26.4 Å². The molecule has 1 heterocycles. The summed E-state index contributed by atoms with van der Waals surface area (Å²) in [6.07, 6.45) is 3.22. The van der Waals surface area contributed by atoms with E-state index in [-0.39, 0.29) is 29.3 Å². The van der Waals surface area contributed by atoms with Crippen LogP contribution in [0.25, 0.3) is 0 Å². The zero-order valence-corrected chi connectivity index (χ0v) is 13.8. The van der Waals surface area contributed by atoms with Crippen LogP contribution in [0.15, 0.2) is 29.2 Å². The fourth-order valence-electron chi connectivity index (χ4n) is 2.38. The van der Waals surface area contributed by atoms with Crippen molar-refractivity contribution in [3.8, 4) is 0 Å². The maximum atomic E-state index is 12.4. The number of nitrogens with zero attached hydrogens (tertiary/aromatic N) is 1. The molecule has 1 amide bonds. The number of rotatable bonds is 3. The summed E-state index contributed by atoms with van der Waals surface area (Å²) in [7, 11) is -1.42. The first-order valence-electron chi connectivity index (χ1n) is 6.67. The Kier molecular flexibility index (Phi) is 6.19. The minimum absolute atomic E-state index is 0. The highest BCUT2D eigenvalue weighted by atomic mass is 35.5. The van der Waals surface area contributed by atoms with Gasteiger partial charge in [-0.25, -0.2) is 8.42 Å². The molecule has 0 aliphatic carbocycles. The Hall–Kier alpha value is -1.11. The lowest BCUT2D eigenvalue weighted by molar-refractivity contribution is 0.0708. The van der Waals surface area contributed by atoms with E-state index in [1.165, 1.54) is 12.1 Å². The second kappa shape index (κ2) is 7.24. The van der Waals surface area contributed by atoms with Gasteiger partial charge in [0.15, 0.2) is 9.84 Å². The molecule has 5 nitrogen and oxygen atoms in total. The summed E-state index contributed by atoms with van der Waals surface area (Å²) in [5.74, 6) is -0.0706. The maximum Gasteiger partial charge on any atom is 0.253 e. The Balaban J connectivity index is 0.00000220. The fraction of sp³-hybridized carbons (Fsp3) is 0.500. The minimum Gasteiger partial charge on any atom is -0.337 e. The molecule has 21 heavy (non-hydrogen) atoms. The van der Waals surface area contributed by atoms with Crippen molar-refractivity contribution in [3.05, 3.63) is 29.8 Å². The average Bonchev–Trinajstić information content (AvgIpc) is 2.46. The molecule has 1 aliphatic rings.